The molecule has 70 valence electrons. The van der Waals surface area contributed by atoms with Crippen LogP contribution in [0.4, 0.5) is 0 Å². The number of hydrogen-bond acceptors (Lipinski definition) is 1. The quantitative estimate of drug-likeness (QED) is 0.570. The molecule has 1 fully saturated rings. The fraction of sp³-hybridized carbons (Fsp3) is 0.909. The molecule has 0 heterocycles. The van der Waals surface area contributed by atoms with E-state index in [1.54, 1.807) is 0 Å². The van der Waals surface area contributed by atoms with Gasteiger partial charge in [0.25, 0.3) is 0 Å². The molecular weight excluding hydrogens is 146 g/mol. The van der Waals surface area contributed by atoms with Crippen LogP contribution >= 0.6 is 0 Å². The molecule has 0 spiro atoms. The smallest absolute Gasteiger partial charge is 0.0276 e. The molecule has 1 heteroatoms. The van der Waals surface area contributed by atoms with E-state index in [9.17, 15) is 0 Å². The van der Waals surface area contributed by atoms with Crippen LogP contribution in [0, 0.1) is 17.8 Å². The molecule has 0 amide bonds. The summed E-state index contributed by atoms with van der Waals surface area (Å²) in [6.45, 7) is 6.81. The molecule has 0 aromatic heterocycles. The lowest BCUT2D eigenvalue weighted by Gasteiger charge is -2.19. The van der Waals surface area contributed by atoms with Crippen molar-refractivity contribution in [3.05, 3.63) is 0 Å². The summed E-state index contributed by atoms with van der Waals surface area (Å²) in [6, 6.07) is 0. The normalized spacial score (nSPS) is 23.8. The summed E-state index contributed by atoms with van der Waals surface area (Å²) in [5.74, 6) is 2.55. The minimum atomic E-state index is 0.676. The molecule has 2 unspecified atom stereocenters. The van der Waals surface area contributed by atoms with Gasteiger partial charge in [0.1, 0.15) is 0 Å². The third-order valence-corrected chi connectivity index (χ3v) is 3.27. The van der Waals surface area contributed by atoms with Gasteiger partial charge in [-0.05, 0) is 31.1 Å². The average molecular weight is 167 g/mol. The molecule has 0 aromatic rings. The summed E-state index contributed by atoms with van der Waals surface area (Å²) in [5.41, 5.74) is 1.31. The van der Waals surface area contributed by atoms with Gasteiger partial charge >= 0.3 is 0 Å². The third kappa shape index (κ3) is 2.62. The number of nitrogens with zero attached hydrogens (tertiary/aromatic N) is 1. The largest absolute Gasteiger partial charge is 0.297 e. The van der Waals surface area contributed by atoms with Crippen LogP contribution in [-0.2, 0) is 0 Å². The van der Waals surface area contributed by atoms with E-state index < -0.39 is 0 Å². The standard InChI is InChI=1S/C11H21N/c1-8(7-11-5-6-11)9(2)10(3)12-4/h8-9,11H,5-7H2,1-4H3/b12-10+. The average Bonchev–Trinajstić information content (AvgIpc) is 2.85. The van der Waals surface area contributed by atoms with Gasteiger partial charge in [0.2, 0.25) is 0 Å². The Kier molecular flexibility index (Phi) is 3.30. The van der Waals surface area contributed by atoms with E-state index in [-0.39, 0.29) is 0 Å². The predicted molar refractivity (Wildman–Crippen MR) is 54.7 cm³/mol. The van der Waals surface area contributed by atoms with E-state index >= 15 is 0 Å². The van der Waals surface area contributed by atoms with Gasteiger partial charge < -0.3 is 0 Å². The van der Waals surface area contributed by atoms with Gasteiger partial charge in [-0.15, -0.1) is 0 Å². The lowest BCUT2D eigenvalue weighted by atomic mass is 9.88. The molecule has 1 aliphatic carbocycles. The van der Waals surface area contributed by atoms with Crippen LogP contribution in [0.3, 0.4) is 0 Å². The van der Waals surface area contributed by atoms with Crippen LogP contribution in [-0.4, -0.2) is 12.8 Å². The number of aliphatic imine (C=N–C) groups is 1. The fourth-order valence-electron chi connectivity index (χ4n) is 1.70. The molecule has 0 saturated heterocycles. The maximum absolute atomic E-state index is 4.25. The highest BCUT2D eigenvalue weighted by atomic mass is 14.7. The van der Waals surface area contributed by atoms with Gasteiger partial charge in [-0.25, -0.2) is 0 Å². The Hall–Kier alpha value is -0.330. The molecule has 0 radical (unpaired) electrons. The van der Waals surface area contributed by atoms with Gasteiger partial charge in [-0.3, -0.25) is 4.99 Å². The van der Waals surface area contributed by atoms with Crippen molar-refractivity contribution in [3.8, 4) is 0 Å². The molecule has 1 saturated carbocycles. The van der Waals surface area contributed by atoms with Gasteiger partial charge in [0.15, 0.2) is 0 Å². The van der Waals surface area contributed by atoms with Gasteiger partial charge in [0.05, 0.1) is 0 Å². The van der Waals surface area contributed by atoms with Crippen molar-refractivity contribution >= 4 is 5.71 Å². The molecule has 1 rings (SSSR count). The van der Waals surface area contributed by atoms with Crippen LogP contribution in [0.5, 0.6) is 0 Å². The first-order valence-corrected chi connectivity index (χ1v) is 5.08. The highest BCUT2D eigenvalue weighted by Crippen LogP contribution is 2.37. The Morgan fingerprint density at radius 3 is 2.42 bits per heavy atom. The van der Waals surface area contributed by atoms with E-state index in [1.165, 1.54) is 25.0 Å². The summed E-state index contributed by atoms with van der Waals surface area (Å²) in [4.78, 5) is 4.25. The van der Waals surface area contributed by atoms with Crippen molar-refractivity contribution < 1.29 is 0 Å². The second-order valence-electron chi connectivity index (χ2n) is 4.31. The van der Waals surface area contributed by atoms with Gasteiger partial charge in [-0.1, -0.05) is 26.7 Å². The zero-order chi connectivity index (χ0) is 9.14. The summed E-state index contributed by atoms with van der Waals surface area (Å²) in [7, 11) is 1.90. The summed E-state index contributed by atoms with van der Waals surface area (Å²) < 4.78 is 0. The summed E-state index contributed by atoms with van der Waals surface area (Å²) >= 11 is 0. The first kappa shape index (κ1) is 9.76. The van der Waals surface area contributed by atoms with Crippen molar-refractivity contribution in [3.63, 3.8) is 0 Å². The molecule has 2 atom stereocenters. The topological polar surface area (TPSA) is 12.4 Å². The van der Waals surface area contributed by atoms with Crippen molar-refractivity contribution in [1.82, 2.24) is 0 Å². The maximum Gasteiger partial charge on any atom is 0.0276 e. The minimum absolute atomic E-state index is 0.676. The molecular formula is C11H21N. The summed E-state index contributed by atoms with van der Waals surface area (Å²) in [5, 5.41) is 0. The second kappa shape index (κ2) is 4.06. The second-order valence-corrected chi connectivity index (χ2v) is 4.31. The van der Waals surface area contributed by atoms with Crippen molar-refractivity contribution in [2.24, 2.45) is 22.7 Å². The van der Waals surface area contributed by atoms with E-state index in [4.69, 9.17) is 0 Å². The SMILES string of the molecule is C/N=C(\C)C(C)C(C)CC1CC1. The highest BCUT2D eigenvalue weighted by Gasteiger charge is 2.26. The van der Waals surface area contributed by atoms with Gasteiger partial charge in [0, 0.05) is 12.8 Å². The Balaban J connectivity index is 2.33. The number of rotatable bonds is 4. The first-order valence-electron chi connectivity index (χ1n) is 5.08. The predicted octanol–water partition coefficient (Wildman–Crippen LogP) is 3.15. The van der Waals surface area contributed by atoms with Crippen LogP contribution < -0.4 is 0 Å². The molecule has 0 N–H and O–H groups in total. The molecule has 0 aliphatic heterocycles. The Morgan fingerprint density at radius 2 is 2.00 bits per heavy atom. The van der Waals surface area contributed by atoms with Crippen molar-refractivity contribution in [2.75, 3.05) is 7.05 Å². The zero-order valence-electron chi connectivity index (χ0n) is 8.80. The van der Waals surface area contributed by atoms with Crippen molar-refractivity contribution in [1.29, 1.82) is 0 Å². The molecule has 0 bridgehead atoms. The lowest BCUT2D eigenvalue weighted by Crippen LogP contribution is -2.16. The van der Waals surface area contributed by atoms with Crippen molar-refractivity contribution in [2.45, 2.75) is 40.0 Å². The monoisotopic (exact) mass is 167 g/mol. The lowest BCUT2D eigenvalue weighted by molar-refractivity contribution is 0.423. The third-order valence-electron chi connectivity index (χ3n) is 3.27. The molecule has 12 heavy (non-hydrogen) atoms. The van der Waals surface area contributed by atoms with Gasteiger partial charge in [-0.2, -0.15) is 0 Å². The fourth-order valence-corrected chi connectivity index (χ4v) is 1.70. The molecule has 1 aliphatic rings. The van der Waals surface area contributed by atoms with Crippen LogP contribution in [0.25, 0.3) is 0 Å². The Labute approximate surface area is 76.3 Å². The maximum atomic E-state index is 4.25. The highest BCUT2D eigenvalue weighted by molar-refractivity contribution is 5.84. The molecule has 1 nitrogen and oxygen atoms in total. The molecule has 0 aromatic carbocycles. The van der Waals surface area contributed by atoms with E-state index in [0.29, 0.717) is 5.92 Å². The number of hydrogen-bond donors (Lipinski definition) is 0. The summed E-state index contributed by atoms with van der Waals surface area (Å²) in [6.07, 6.45) is 4.35. The Morgan fingerprint density at radius 1 is 1.42 bits per heavy atom. The minimum Gasteiger partial charge on any atom is -0.297 e. The van der Waals surface area contributed by atoms with E-state index in [2.05, 4.69) is 25.8 Å². The van der Waals surface area contributed by atoms with Crippen LogP contribution in [0.1, 0.15) is 40.0 Å². The van der Waals surface area contributed by atoms with E-state index in [1.807, 2.05) is 7.05 Å². The van der Waals surface area contributed by atoms with Crippen LogP contribution in [0.15, 0.2) is 4.99 Å². The van der Waals surface area contributed by atoms with E-state index in [0.717, 1.165) is 11.8 Å². The zero-order valence-corrected chi connectivity index (χ0v) is 8.80. The first-order chi connectivity index (χ1) is 5.65. The Bertz CT molecular complexity index is 168. The van der Waals surface area contributed by atoms with Crippen LogP contribution in [0.2, 0.25) is 0 Å².